The molecule has 1 rings (SSSR count). The summed E-state index contributed by atoms with van der Waals surface area (Å²) in [6.07, 6.45) is 0. The third-order valence-electron chi connectivity index (χ3n) is 1.94. The summed E-state index contributed by atoms with van der Waals surface area (Å²) in [6.45, 7) is 1.18. The molecule has 0 saturated carbocycles. The highest BCUT2D eigenvalue weighted by molar-refractivity contribution is 5.98. The fourth-order valence-electron chi connectivity index (χ4n) is 1.27. The van der Waals surface area contributed by atoms with Gasteiger partial charge in [-0.15, -0.1) is 0 Å². The number of carbonyl (C=O) groups excluding carboxylic acids is 1. The van der Waals surface area contributed by atoms with Gasteiger partial charge in [0.2, 0.25) is 0 Å². The van der Waals surface area contributed by atoms with Crippen LogP contribution in [0, 0.1) is 5.82 Å². The minimum atomic E-state index is -1.000. The average Bonchev–Trinajstić information content (AvgIpc) is 2.20. The van der Waals surface area contributed by atoms with E-state index < -0.39 is 17.3 Å². The standard InChI is InChI=1S/C10H11FO4/c1-5(12)8-9(11)6(13)4-7(14-2)10(8)15-3/h4,13H,1-3H3. The number of hydrogen-bond acceptors (Lipinski definition) is 4. The predicted octanol–water partition coefficient (Wildman–Crippen LogP) is 1.75. The van der Waals surface area contributed by atoms with Gasteiger partial charge < -0.3 is 14.6 Å². The molecule has 0 radical (unpaired) electrons. The summed E-state index contributed by atoms with van der Waals surface area (Å²) < 4.78 is 23.1. The molecule has 4 nitrogen and oxygen atoms in total. The largest absolute Gasteiger partial charge is 0.505 e. The minimum absolute atomic E-state index is 0.0136. The molecule has 0 amide bonds. The van der Waals surface area contributed by atoms with Gasteiger partial charge in [-0.25, -0.2) is 4.39 Å². The third kappa shape index (κ3) is 1.86. The first-order valence-corrected chi connectivity index (χ1v) is 4.17. The molecule has 0 atom stereocenters. The topological polar surface area (TPSA) is 55.8 Å². The van der Waals surface area contributed by atoms with Gasteiger partial charge in [0.05, 0.1) is 14.2 Å². The van der Waals surface area contributed by atoms with E-state index >= 15 is 0 Å². The van der Waals surface area contributed by atoms with Crippen molar-refractivity contribution in [1.82, 2.24) is 0 Å². The fraction of sp³-hybridized carbons (Fsp3) is 0.300. The van der Waals surface area contributed by atoms with E-state index in [1.807, 2.05) is 0 Å². The third-order valence-corrected chi connectivity index (χ3v) is 1.94. The summed E-state index contributed by atoms with van der Waals surface area (Å²) in [4.78, 5) is 11.2. The Balaban J connectivity index is 3.56. The summed E-state index contributed by atoms with van der Waals surface area (Å²) >= 11 is 0. The van der Waals surface area contributed by atoms with Gasteiger partial charge in [-0.3, -0.25) is 4.79 Å². The maximum absolute atomic E-state index is 13.4. The van der Waals surface area contributed by atoms with Crippen LogP contribution in [0.25, 0.3) is 0 Å². The molecule has 0 saturated heterocycles. The molecule has 82 valence electrons. The Kier molecular flexibility index (Phi) is 3.14. The predicted molar refractivity (Wildman–Crippen MR) is 51.2 cm³/mol. The van der Waals surface area contributed by atoms with Crippen LogP contribution in [0.15, 0.2) is 6.07 Å². The zero-order chi connectivity index (χ0) is 11.6. The average molecular weight is 214 g/mol. The number of phenolic OH excluding ortho intramolecular Hbond substituents is 1. The van der Waals surface area contributed by atoms with Crippen molar-refractivity contribution in [3.63, 3.8) is 0 Å². The van der Waals surface area contributed by atoms with Gasteiger partial charge in [0, 0.05) is 6.07 Å². The number of benzene rings is 1. The molecule has 15 heavy (non-hydrogen) atoms. The van der Waals surface area contributed by atoms with Crippen LogP contribution in [0.2, 0.25) is 0 Å². The van der Waals surface area contributed by atoms with Gasteiger partial charge in [-0.2, -0.15) is 0 Å². The Morgan fingerprint density at radius 3 is 2.40 bits per heavy atom. The summed E-state index contributed by atoms with van der Waals surface area (Å²) in [7, 11) is 2.62. The molecular weight excluding hydrogens is 203 g/mol. The molecule has 0 spiro atoms. The summed E-state index contributed by atoms with van der Waals surface area (Å²) in [5.74, 6) is -2.08. The Hall–Kier alpha value is -1.78. The lowest BCUT2D eigenvalue weighted by Gasteiger charge is -2.12. The zero-order valence-electron chi connectivity index (χ0n) is 8.63. The molecule has 0 fully saturated rings. The molecular formula is C10H11FO4. The van der Waals surface area contributed by atoms with E-state index in [0.29, 0.717) is 0 Å². The van der Waals surface area contributed by atoms with Crippen molar-refractivity contribution in [3.05, 3.63) is 17.4 Å². The minimum Gasteiger partial charge on any atom is -0.505 e. The molecule has 1 aromatic carbocycles. The Morgan fingerprint density at radius 2 is 2.00 bits per heavy atom. The second-order valence-corrected chi connectivity index (χ2v) is 2.88. The number of carbonyl (C=O) groups is 1. The number of ketones is 1. The van der Waals surface area contributed by atoms with Crippen molar-refractivity contribution < 1.29 is 23.8 Å². The quantitative estimate of drug-likeness (QED) is 0.779. The number of ether oxygens (including phenoxy) is 2. The first kappa shape index (κ1) is 11.3. The summed E-state index contributed by atoms with van der Waals surface area (Å²) in [5.41, 5.74) is -0.311. The van der Waals surface area contributed by atoms with E-state index in [9.17, 15) is 14.3 Å². The van der Waals surface area contributed by atoms with Gasteiger partial charge in [0.15, 0.2) is 28.8 Å². The van der Waals surface area contributed by atoms with Crippen molar-refractivity contribution in [1.29, 1.82) is 0 Å². The van der Waals surface area contributed by atoms with Crippen molar-refractivity contribution in [2.45, 2.75) is 6.92 Å². The Bertz CT molecular complexity index is 401. The number of Topliss-reactive ketones (excluding diaryl/α,β-unsaturated/α-hetero) is 1. The molecule has 0 aliphatic heterocycles. The SMILES string of the molecule is COc1cc(O)c(F)c(C(C)=O)c1OC. The summed E-state index contributed by atoms with van der Waals surface area (Å²) in [5, 5.41) is 9.22. The maximum Gasteiger partial charge on any atom is 0.179 e. The molecule has 1 aromatic rings. The number of aromatic hydroxyl groups is 1. The molecule has 0 unspecified atom stereocenters. The first-order chi connectivity index (χ1) is 7.02. The molecule has 0 bridgehead atoms. The van der Waals surface area contributed by atoms with Crippen LogP contribution < -0.4 is 9.47 Å². The van der Waals surface area contributed by atoms with Gasteiger partial charge >= 0.3 is 0 Å². The zero-order valence-corrected chi connectivity index (χ0v) is 8.63. The van der Waals surface area contributed by atoms with Gasteiger partial charge in [0.25, 0.3) is 0 Å². The van der Waals surface area contributed by atoms with Crippen LogP contribution >= 0.6 is 0 Å². The van der Waals surface area contributed by atoms with Gasteiger partial charge in [-0.1, -0.05) is 0 Å². The number of hydrogen-bond donors (Lipinski definition) is 1. The normalized spacial score (nSPS) is 9.87. The second-order valence-electron chi connectivity index (χ2n) is 2.88. The van der Waals surface area contributed by atoms with Crippen molar-refractivity contribution >= 4 is 5.78 Å². The van der Waals surface area contributed by atoms with E-state index in [-0.39, 0.29) is 17.1 Å². The van der Waals surface area contributed by atoms with E-state index in [0.717, 1.165) is 6.07 Å². The fourth-order valence-corrected chi connectivity index (χ4v) is 1.27. The number of halogens is 1. The molecule has 1 N–H and O–H groups in total. The van der Waals surface area contributed by atoms with Crippen LogP contribution in [-0.4, -0.2) is 25.1 Å². The lowest BCUT2D eigenvalue weighted by molar-refractivity contribution is 0.100. The molecule has 0 heterocycles. The molecule has 5 heteroatoms. The first-order valence-electron chi connectivity index (χ1n) is 4.17. The lowest BCUT2D eigenvalue weighted by atomic mass is 10.1. The van der Waals surface area contributed by atoms with E-state index in [4.69, 9.17) is 9.47 Å². The highest BCUT2D eigenvalue weighted by atomic mass is 19.1. The number of phenols is 1. The smallest absolute Gasteiger partial charge is 0.179 e. The highest BCUT2D eigenvalue weighted by Crippen LogP contribution is 2.38. The van der Waals surface area contributed by atoms with Crippen molar-refractivity contribution in [3.8, 4) is 17.2 Å². The maximum atomic E-state index is 13.4. The van der Waals surface area contributed by atoms with Crippen LogP contribution in [-0.2, 0) is 0 Å². The van der Waals surface area contributed by atoms with Crippen LogP contribution in [0.5, 0.6) is 17.2 Å². The summed E-state index contributed by atoms with van der Waals surface area (Å²) in [6, 6.07) is 1.06. The molecule has 0 aliphatic carbocycles. The van der Waals surface area contributed by atoms with Crippen molar-refractivity contribution in [2.75, 3.05) is 14.2 Å². The highest BCUT2D eigenvalue weighted by Gasteiger charge is 2.22. The molecule has 0 aliphatic rings. The van der Waals surface area contributed by atoms with Crippen LogP contribution in [0.4, 0.5) is 4.39 Å². The Morgan fingerprint density at radius 1 is 1.40 bits per heavy atom. The lowest BCUT2D eigenvalue weighted by Crippen LogP contribution is -2.03. The number of rotatable bonds is 3. The van der Waals surface area contributed by atoms with Gasteiger partial charge in [0.1, 0.15) is 5.56 Å². The monoisotopic (exact) mass is 214 g/mol. The van der Waals surface area contributed by atoms with Crippen molar-refractivity contribution in [2.24, 2.45) is 0 Å². The molecule has 0 aromatic heterocycles. The Labute approximate surface area is 86.2 Å². The van der Waals surface area contributed by atoms with Gasteiger partial charge in [-0.05, 0) is 6.92 Å². The van der Waals surface area contributed by atoms with E-state index in [1.54, 1.807) is 0 Å². The number of methoxy groups -OCH3 is 2. The van der Waals surface area contributed by atoms with Crippen LogP contribution in [0.1, 0.15) is 17.3 Å². The van der Waals surface area contributed by atoms with Crippen LogP contribution in [0.3, 0.4) is 0 Å². The van der Waals surface area contributed by atoms with E-state index in [1.165, 1.54) is 21.1 Å². The second kappa shape index (κ2) is 4.16. The van der Waals surface area contributed by atoms with E-state index in [2.05, 4.69) is 0 Å².